The van der Waals surface area contributed by atoms with Crippen molar-refractivity contribution in [3.05, 3.63) is 70.6 Å². The summed E-state index contributed by atoms with van der Waals surface area (Å²) in [6.45, 7) is 3.40. The number of carbonyl (C=O) groups excluding carboxylic acids is 3. The van der Waals surface area contributed by atoms with Gasteiger partial charge in [0.05, 0.1) is 12.3 Å². The summed E-state index contributed by atoms with van der Waals surface area (Å²) in [5.41, 5.74) is 4.43. The van der Waals surface area contributed by atoms with Crippen molar-refractivity contribution in [2.24, 2.45) is 5.92 Å². The number of amides is 2. The molecule has 1 aromatic heterocycles. The Morgan fingerprint density at radius 2 is 1.97 bits per heavy atom. The van der Waals surface area contributed by atoms with Gasteiger partial charge in [0.25, 0.3) is 0 Å². The van der Waals surface area contributed by atoms with Crippen LogP contribution < -0.4 is 5.32 Å². The van der Waals surface area contributed by atoms with Gasteiger partial charge in [-0.3, -0.25) is 19.4 Å². The fourth-order valence-electron chi connectivity index (χ4n) is 5.94. The molecule has 7 nitrogen and oxygen atoms in total. The van der Waals surface area contributed by atoms with E-state index in [1.165, 1.54) is 0 Å². The Morgan fingerprint density at radius 3 is 2.75 bits per heavy atom. The molecule has 3 heterocycles. The number of nitrogens with one attached hydrogen (secondary N) is 1. The summed E-state index contributed by atoms with van der Waals surface area (Å²) in [6, 6.07) is 9.70. The molecule has 3 aliphatic rings. The number of hydrogen-bond acceptors (Lipinski definition) is 5. The van der Waals surface area contributed by atoms with E-state index in [1.54, 1.807) is 12.2 Å². The van der Waals surface area contributed by atoms with Crippen LogP contribution in [0.4, 0.5) is 0 Å². The van der Waals surface area contributed by atoms with Crippen LogP contribution in [0, 0.1) is 12.8 Å². The van der Waals surface area contributed by atoms with Gasteiger partial charge in [0.2, 0.25) is 11.8 Å². The Labute approximate surface area is 211 Å². The number of hydrogen-bond donors (Lipinski definition) is 1. The lowest BCUT2D eigenvalue weighted by Crippen LogP contribution is -2.48. The predicted molar refractivity (Wildman–Crippen MR) is 135 cm³/mol. The maximum Gasteiger partial charge on any atom is 0.307 e. The van der Waals surface area contributed by atoms with E-state index in [0.29, 0.717) is 26.1 Å². The van der Waals surface area contributed by atoms with Gasteiger partial charge < -0.3 is 15.0 Å². The molecule has 1 unspecified atom stereocenters. The molecule has 2 aliphatic heterocycles. The van der Waals surface area contributed by atoms with Gasteiger partial charge in [-0.05, 0) is 67.4 Å². The monoisotopic (exact) mass is 487 g/mol. The van der Waals surface area contributed by atoms with Crippen LogP contribution in [0.1, 0.15) is 66.5 Å². The Hall–Kier alpha value is -3.48. The molecule has 1 aliphatic carbocycles. The van der Waals surface area contributed by atoms with E-state index in [-0.39, 0.29) is 30.1 Å². The SMILES string of the molecule is Cc1ncc2c(c1CNC(=O)/C=C/c1ccccc1)CCN(C(=O)C1CC(=O)OC13CCCCC3)C2. The van der Waals surface area contributed by atoms with Crippen LogP contribution in [0.3, 0.4) is 0 Å². The molecular formula is C29H33N3O4. The Balaban J connectivity index is 1.26. The Morgan fingerprint density at radius 1 is 1.19 bits per heavy atom. The standard InChI is InChI=1S/C29H33N3O4/c1-20-24(18-31-26(33)11-10-21-8-4-2-5-9-21)23-12-15-32(19-22(23)17-30-20)28(35)25-16-27(34)36-29(25)13-6-3-7-14-29/h2,4-5,8-11,17,25H,3,6-7,12-16,18-19H2,1H3,(H,31,33)/b11-10+. The van der Waals surface area contributed by atoms with E-state index in [1.807, 2.05) is 48.4 Å². The number of aryl methyl sites for hydroxylation is 1. The predicted octanol–water partition coefficient (Wildman–Crippen LogP) is 3.87. The number of fused-ring (bicyclic) bond motifs is 1. The molecule has 1 saturated heterocycles. The average molecular weight is 488 g/mol. The van der Waals surface area contributed by atoms with Gasteiger partial charge in [-0.15, -0.1) is 0 Å². The van der Waals surface area contributed by atoms with Crippen molar-refractivity contribution in [2.45, 2.75) is 70.6 Å². The maximum atomic E-state index is 13.6. The molecule has 188 valence electrons. The van der Waals surface area contributed by atoms with Crippen LogP contribution in [0.2, 0.25) is 0 Å². The summed E-state index contributed by atoms with van der Waals surface area (Å²) in [6.07, 6.45) is 10.7. The molecule has 2 fully saturated rings. The highest BCUT2D eigenvalue weighted by Crippen LogP contribution is 2.45. The van der Waals surface area contributed by atoms with Gasteiger partial charge in [-0.1, -0.05) is 36.8 Å². The summed E-state index contributed by atoms with van der Waals surface area (Å²) in [4.78, 5) is 44.7. The third kappa shape index (κ3) is 4.92. The molecule has 2 amide bonds. The molecule has 1 atom stereocenters. The third-order valence-corrected chi connectivity index (χ3v) is 7.89. The molecule has 7 heteroatoms. The summed E-state index contributed by atoms with van der Waals surface area (Å²) in [5.74, 6) is -0.772. The summed E-state index contributed by atoms with van der Waals surface area (Å²) in [5, 5.41) is 2.98. The van der Waals surface area contributed by atoms with E-state index >= 15 is 0 Å². The first kappa shape index (κ1) is 24.2. The summed E-state index contributed by atoms with van der Waals surface area (Å²) in [7, 11) is 0. The third-order valence-electron chi connectivity index (χ3n) is 7.89. The normalized spacial score (nSPS) is 20.9. The molecule has 1 spiro atoms. The zero-order chi connectivity index (χ0) is 25.1. The van der Waals surface area contributed by atoms with Gasteiger partial charge in [0.15, 0.2) is 0 Å². The van der Waals surface area contributed by atoms with Crippen LogP contribution in [0.5, 0.6) is 0 Å². The maximum absolute atomic E-state index is 13.6. The Kier molecular flexibility index (Phi) is 6.90. The minimum Gasteiger partial charge on any atom is -0.458 e. The number of aromatic nitrogens is 1. The fraction of sp³-hybridized carbons (Fsp3) is 0.448. The second kappa shape index (κ2) is 10.2. The molecule has 1 saturated carbocycles. The number of ether oxygens (including phenoxy) is 1. The van der Waals surface area contributed by atoms with Crippen LogP contribution in [-0.4, -0.2) is 39.8 Å². The number of rotatable bonds is 5. The number of esters is 1. The quantitative estimate of drug-likeness (QED) is 0.511. The van der Waals surface area contributed by atoms with Crippen LogP contribution in [0.15, 0.2) is 42.6 Å². The molecule has 1 aromatic carbocycles. The highest BCUT2D eigenvalue weighted by Gasteiger charge is 2.54. The molecular weight excluding hydrogens is 454 g/mol. The van der Waals surface area contributed by atoms with E-state index in [0.717, 1.165) is 60.1 Å². The van der Waals surface area contributed by atoms with Crippen molar-refractivity contribution in [1.82, 2.24) is 15.2 Å². The summed E-state index contributed by atoms with van der Waals surface area (Å²) >= 11 is 0. The second-order valence-electron chi connectivity index (χ2n) is 10.2. The van der Waals surface area contributed by atoms with E-state index in [9.17, 15) is 14.4 Å². The van der Waals surface area contributed by atoms with Crippen molar-refractivity contribution in [1.29, 1.82) is 0 Å². The largest absolute Gasteiger partial charge is 0.458 e. The first-order valence-corrected chi connectivity index (χ1v) is 12.9. The number of nitrogens with zero attached hydrogens (tertiary/aromatic N) is 2. The van der Waals surface area contributed by atoms with Crippen LogP contribution in [-0.2, 0) is 38.6 Å². The molecule has 2 aromatic rings. The van der Waals surface area contributed by atoms with Crippen LogP contribution >= 0.6 is 0 Å². The summed E-state index contributed by atoms with van der Waals surface area (Å²) < 4.78 is 5.78. The highest BCUT2D eigenvalue weighted by atomic mass is 16.6. The smallest absolute Gasteiger partial charge is 0.307 e. The van der Waals surface area contributed by atoms with Gasteiger partial charge in [0, 0.05) is 37.6 Å². The molecule has 36 heavy (non-hydrogen) atoms. The van der Waals surface area contributed by atoms with Crippen molar-refractivity contribution in [3.63, 3.8) is 0 Å². The van der Waals surface area contributed by atoms with Gasteiger partial charge in [-0.25, -0.2) is 0 Å². The van der Waals surface area contributed by atoms with Crippen LogP contribution in [0.25, 0.3) is 6.08 Å². The van der Waals surface area contributed by atoms with Gasteiger partial charge >= 0.3 is 5.97 Å². The Bertz CT molecular complexity index is 1180. The van der Waals surface area contributed by atoms with E-state index in [2.05, 4.69) is 10.3 Å². The van der Waals surface area contributed by atoms with Crippen molar-refractivity contribution >= 4 is 23.9 Å². The topological polar surface area (TPSA) is 88.6 Å². The van der Waals surface area contributed by atoms with Gasteiger partial charge in [0.1, 0.15) is 5.60 Å². The van der Waals surface area contributed by atoms with Crippen molar-refractivity contribution < 1.29 is 19.1 Å². The fourth-order valence-corrected chi connectivity index (χ4v) is 5.94. The highest BCUT2D eigenvalue weighted by molar-refractivity contribution is 5.91. The van der Waals surface area contributed by atoms with E-state index in [4.69, 9.17) is 4.74 Å². The zero-order valence-electron chi connectivity index (χ0n) is 20.8. The van der Waals surface area contributed by atoms with Crippen molar-refractivity contribution in [2.75, 3.05) is 6.54 Å². The van der Waals surface area contributed by atoms with E-state index < -0.39 is 5.60 Å². The average Bonchev–Trinajstić information content (AvgIpc) is 3.21. The molecule has 1 N–H and O–H groups in total. The first-order valence-electron chi connectivity index (χ1n) is 12.9. The molecule has 0 radical (unpaired) electrons. The van der Waals surface area contributed by atoms with Crippen molar-refractivity contribution in [3.8, 4) is 0 Å². The number of pyridine rings is 1. The molecule has 5 rings (SSSR count). The first-order chi connectivity index (χ1) is 17.4. The second-order valence-corrected chi connectivity index (χ2v) is 10.2. The number of benzene rings is 1. The lowest BCUT2D eigenvalue weighted by atomic mass is 9.75. The minimum absolute atomic E-state index is 0.0230. The lowest BCUT2D eigenvalue weighted by molar-refractivity contribution is -0.156. The lowest BCUT2D eigenvalue weighted by Gasteiger charge is -2.39. The number of carbonyl (C=O) groups is 3. The zero-order valence-corrected chi connectivity index (χ0v) is 20.8. The van der Waals surface area contributed by atoms with Gasteiger partial charge in [-0.2, -0.15) is 0 Å². The molecule has 0 bridgehead atoms. The minimum atomic E-state index is -0.610.